The lowest BCUT2D eigenvalue weighted by Gasteiger charge is -2.33. The Balaban J connectivity index is 1.06. The summed E-state index contributed by atoms with van der Waals surface area (Å²) in [5, 5.41) is 6.71. The van der Waals surface area contributed by atoms with Crippen molar-refractivity contribution >= 4 is 44.6 Å². The number of alkyl carbamates (subject to hydrolysis) is 1. The highest BCUT2D eigenvalue weighted by atomic mass is 32.2. The standard InChI is InChI=1S/C50H62FN5O10S/c1-27(2)64-35-13-11-30(12-14-35)40-21-33-22-42(63-6)39(51)24-38(33)45(52-40)65-37-23-41-44(57)54-50(47(59)55-67(61,62)49(5)15-16-49)25-34(50)10-8-7-9-28(3)17-29(4)43(46(58)56(41)26-37)53-48(60)66-36-19-31-18-32(31)20-36/h8,10-14,21-22,24,27-29,31-32,34,36-37,41,43H,7,9,15-20,23,25-26H2,1-6H3,(H,53,60)(H,54,57)(H,55,59)/b10-8-/t28-,29-,31-,32+,34-,36+,37-,41+,43+,50-/m1/s1. The molecule has 1 aromatic heterocycles. The van der Waals surface area contributed by atoms with Gasteiger partial charge in [-0.3, -0.25) is 19.1 Å². The number of amides is 4. The number of carbonyl (C=O) groups excluding carboxylic acids is 4. The quantitative estimate of drug-likeness (QED) is 0.168. The summed E-state index contributed by atoms with van der Waals surface area (Å²) < 4.78 is 67.2. The topological polar surface area (TPSA) is 192 Å². The molecule has 0 radical (unpaired) electrons. The van der Waals surface area contributed by atoms with Gasteiger partial charge in [0.2, 0.25) is 27.7 Å². The van der Waals surface area contributed by atoms with E-state index < -0.39 is 74.0 Å². The maximum absolute atomic E-state index is 15.5. The van der Waals surface area contributed by atoms with Gasteiger partial charge >= 0.3 is 6.09 Å². The number of hydrogen-bond donors (Lipinski definition) is 3. The summed E-state index contributed by atoms with van der Waals surface area (Å²) in [4.78, 5) is 64.1. The van der Waals surface area contributed by atoms with Crippen LogP contribution in [0.3, 0.4) is 0 Å². The Bertz CT molecular complexity index is 2580. The van der Waals surface area contributed by atoms with Crippen molar-refractivity contribution < 1.29 is 50.9 Å². The number of pyridine rings is 1. The van der Waals surface area contributed by atoms with E-state index in [4.69, 9.17) is 23.9 Å². The van der Waals surface area contributed by atoms with Crippen molar-refractivity contribution in [1.29, 1.82) is 0 Å². The smallest absolute Gasteiger partial charge is 0.408 e. The molecule has 15 nitrogen and oxygen atoms in total. The van der Waals surface area contributed by atoms with Gasteiger partial charge in [0, 0.05) is 23.3 Å². The van der Waals surface area contributed by atoms with Crippen LogP contribution in [0.2, 0.25) is 0 Å². The largest absolute Gasteiger partial charge is 0.494 e. The van der Waals surface area contributed by atoms with Crippen LogP contribution < -0.4 is 29.6 Å². The molecule has 0 spiro atoms. The molecule has 4 saturated carbocycles. The molecule has 0 unspecified atom stereocenters. The molecule has 360 valence electrons. The van der Waals surface area contributed by atoms with Crippen molar-refractivity contribution in [3.8, 4) is 28.6 Å². The molecule has 3 aromatic rings. The van der Waals surface area contributed by atoms with Crippen molar-refractivity contribution in [3.63, 3.8) is 0 Å². The van der Waals surface area contributed by atoms with E-state index in [1.807, 2.05) is 57.2 Å². The number of methoxy groups -OCH3 is 1. The van der Waals surface area contributed by atoms with Gasteiger partial charge in [-0.05, 0) is 150 Å². The number of nitrogens with zero attached hydrogens (tertiary/aromatic N) is 2. The van der Waals surface area contributed by atoms with Gasteiger partial charge in [0.05, 0.1) is 30.2 Å². The van der Waals surface area contributed by atoms with Gasteiger partial charge in [-0.1, -0.05) is 26.0 Å². The first-order valence-corrected chi connectivity index (χ1v) is 25.3. The van der Waals surface area contributed by atoms with Gasteiger partial charge < -0.3 is 34.5 Å². The highest BCUT2D eigenvalue weighted by Gasteiger charge is 2.63. The van der Waals surface area contributed by atoms with Crippen LogP contribution in [0.15, 0.2) is 54.6 Å². The minimum atomic E-state index is -4.06. The van der Waals surface area contributed by atoms with Crippen LogP contribution in [0.1, 0.15) is 98.8 Å². The van der Waals surface area contributed by atoms with Crippen LogP contribution in [0.5, 0.6) is 17.4 Å². The van der Waals surface area contributed by atoms with Crippen LogP contribution in [0, 0.1) is 35.4 Å². The van der Waals surface area contributed by atoms with E-state index in [0.717, 1.165) is 25.7 Å². The van der Waals surface area contributed by atoms with Crippen molar-refractivity contribution in [1.82, 2.24) is 25.2 Å². The molecule has 3 heterocycles. The van der Waals surface area contributed by atoms with E-state index in [2.05, 4.69) is 22.3 Å². The summed E-state index contributed by atoms with van der Waals surface area (Å²) in [7, 11) is -2.68. The summed E-state index contributed by atoms with van der Waals surface area (Å²) in [6, 6.07) is 9.64. The summed E-state index contributed by atoms with van der Waals surface area (Å²) >= 11 is 0. The van der Waals surface area contributed by atoms with Gasteiger partial charge in [0.1, 0.15) is 35.6 Å². The summed E-state index contributed by atoms with van der Waals surface area (Å²) in [5.74, 6) is -1.61. The number of sulfonamides is 1. The average Bonchev–Trinajstić information content (AvgIpc) is 4.23. The van der Waals surface area contributed by atoms with Crippen LogP contribution in [0.4, 0.5) is 9.18 Å². The second kappa shape index (κ2) is 17.9. The molecule has 3 N–H and O–H groups in total. The lowest BCUT2D eigenvalue weighted by Crippen LogP contribution is -2.59. The highest BCUT2D eigenvalue weighted by molar-refractivity contribution is 7.91. The molecule has 5 fully saturated rings. The Morgan fingerprint density at radius 1 is 0.985 bits per heavy atom. The second-order valence-electron chi connectivity index (χ2n) is 20.5. The third kappa shape index (κ3) is 9.66. The minimum Gasteiger partial charge on any atom is -0.494 e. The molecule has 10 atom stereocenters. The molecule has 4 amide bonds. The third-order valence-electron chi connectivity index (χ3n) is 14.9. The van der Waals surface area contributed by atoms with Crippen LogP contribution in [-0.4, -0.2) is 96.5 Å². The summed E-state index contributed by atoms with van der Waals surface area (Å²) in [5.41, 5.74) is -0.386. The zero-order valence-corrected chi connectivity index (χ0v) is 39.8. The Morgan fingerprint density at radius 3 is 2.40 bits per heavy atom. The molecule has 4 aliphatic carbocycles. The number of nitrogens with one attached hydrogen (secondary N) is 3. The van der Waals surface area contributed by atoms with E-state index in [0.29, 0.717) is 65.3 Å². The Kier molecular flexibility index (Phi) is 12.5. The van der Waals surface area contributed by atoms with Crippen LogP contribution in [0.25, 0.3) is 22.0 Å². The Labute approximate surface area is 391 Å². The van der Waals surface area contributed by atoms with E-state index in [1.54, 1.807) is 19.1 Å². The number of ether oxygens (including phenoxy) is 4. The highest BCUT2D eigenvalue weighted by Crippen LogP contribution is 2.53. The molecule has 17 heteroatoms. The predicted molar refractivity (Wildman–Crippen MR) is 247 cm³/mol. The number of fused-ring (bicyclic) bond motifs is 4. The Morgan fingerprint density at radius 2 is 1.72 bits per heavy atom. The molecular formula is C50H62FN5O10S. The van der Waals surface area contributed by atoms with E-state index >= 15 is 9.18 Å². The first-order valence-electron chi connectivity index (χ1n) is 23.8. The summed E-state index contributed by atoms with van der Waals surface area (Å²) in [6.07, 6.45) is 7.54. The maximum Gasteiger partial charge on any atom is 0.408 e. The molecule has 6 aliphatic rings. The van der Waals surface area contributed by atoms with E-state index in [9.17, 15) is 22.8 Å². The molecule has 1 saturated heterocycles. The molecule has 9 rings (SSSR count). The fourth-order valence-electron chi connectivity index (χ4n) is 10.4. The van der Waals surface area contributed by atoms with Gasteiger partial charge in [0.25, 0.3) is 5.91 Å². The van der Waals surface area contributed by atoms with Gasteiger partial charge in [-0.25, -0.2) is 22.6 Å². The molecule has 0 bridgehead atoms. The van der Waals surface area contributed by atoms with Crippen molar-refractivity contribution in [2.45, 2.75) is 140 Å². The molecule has 2 aliphatic heterocycles. The third-order valence-corrected chi connectivity index (χ3v) is 17.0. The van der Waals surface area contributed by atoms with Crippen molar-refractivity contribution in [3.05, 3.63) is 60.4 Å². The van der Waals surface area contributed by atoms with Gasteiger partial charge in [-0.15, -0.1) is 0 Å². The number of hydrogen-bond acceptors (Lipinski definition) is 11. The number of halogens is 1. The summed E-state index contributed by atoms with van der Waals surface area (Å²) in [6.45, 7) is 9.29. The van der Waals surface area contributed by atoms with Crippen LogP contribution in [-0.2, 0) is 29.1 Å². The zero-order valence-electron chi connectivity index (χ0n) is 39.0. The molecule has 2 aromatic carbocycles. The van der Waals surface area contributed by atoms with E-state index in [-0.39, 0.29) is 55.1 Å². The average molecular weight is 944 g/mol. The second-order valence-corrected chi connectivity index (χ2v) is 22.7. The van der Waals surface area contributed by atoms with Gasteiger partial charge in [-0.2, -0.15) is 0 Å². The van der Waals surface area contributed by atoms with Crippen molar-refractivity contribution in [2.24, 2.45) is 29.6 Å². The van der Waals surface area contributed by atoms with Crippen molar-refractivity contribution in [2.75, 3.05) is 13.7 Å². The monoisotopic (exact) mass is 943 g/mol. The number of benzene rings is 2. The number of allylic oxidation sites excluding steroid dienone is 1. The normalized spacial score (nSPS) is 31.5. The number of aromatic nitrogens is 1. The maximum atomic E-state index is 15.5. The first kappa shape index (κ1) is 46.7. The molecular weight excluding hydrogens is 882 g/mol. The minimum absolute atomic E-state index is 0.0146. The lowest BCUT2D eigenvalue weighted by atomic mass is 9.88. The van der Waals surface area contributed by atoms with Gasteiger partial charge in [0.15, 0.2) is 11.6 Å². The molecule has 67 heavy (non-hydrogen) atoms. The predicted octanol–water partition coefficient (Wildman–Crippen LogP) is 6.96. The zero-order chi connectivity index (χ0) is 47.6. The lowest BCUT2D eigenvalue weighted by molar-refractivity contribution is -0.142. The number of rotatable bonds is 11. The Hall–Kier alpha value is -5.45. The fourth-order valence-corrected chi connectivity index (χ4v) is 11.7. The fraction of sp³-hybridized carbons (Fsp3) is 0.580. The van der Waals surface area contributed by atoms with Crippen LogP contribution >= 0.6 is 0 Å². The van der Waals surface area contributed by atoms with E-state index in [1.165, 1.54) is 18.1 Å². The number of carbonyl (C=O) groups is 4. The SMILES string of the molecule is COc1cc2cc(-c3ccc(OC(C)C)cc3)nc(O[C@@H]3C[C@H]4C(=O)N[C@]5(C(=O)NS(=O)(=O)C6(C)CC6)C[C@H]5/C=C\CC[C@@H](C)C[C@@H](C)[C@H](NC(=O)O[C@@H]5C[C@@H]6C[C@@H]6C5)C(=O)N4C3)c2cc1F. The first-order chi connectivity index (χ1) is 31.8.